The summed E-state index contributed by atoms with van der Waals surface area (Å²) >= 11 is 0. The molecule has 18 heavy (non-hydrogen) atoms. The van der Waals surface area contributed by atoms with Crippen LogP contribution in [0.5, 0.6) is 0 Å². The van der Waals surface area contributed by atoms with Gasteiger partial charge < -0.3 is 0 Å². The van der Waals surface area contributed by atoms with E-state index in [4.69, 9.17) is 0 Å². The van der Waals surface area contributed by atoms with Crippen LogP contribution in [-0.2, 0) is 4.79 Å². The first-order valence-electron chi connectivity index (χ1n) is 7.85. The lowest BCUT2D eigenvalue weighted by molar-refractivity contribution is 0.369. The minimum Gasteiger partial charge on any atom is -0.211 e. The van der Waals surface area contributed by atoms with E-state index < -0.39 is 0 Å². The lowest BCUT2D eigenvalue weighted by Crippen LogP contribution is -2.12. The highest BCUT2D eigenvalue weighted by atomic mass is 16.1. The highest BCUT2D eigenvalue weighted by Gasteiger charge is 2.14. The second kappa shape index (κ2) is 12.8. The van der Waals surface area contributed by atoms with Gasteiger partial charge in [0.25, 0.3) is 0 Å². The van der Waals surface area contributed by atoms with Crippen LogP contribution < -0.4 is 0 Å². The molecule has 2 unspecified atom stereocenters. The van der Waals surface area contributed by atoms with Crippen LogP contribution in [0.15, 0.2) is 4.99 Å². The van der Waals surface area contributed by atoms with Crippen LogP contribution in [0.3, 0.4) is 0 Å². The van der Waals surface area contributed by atoms with Crippen molar-refractivity contribution in [3.05, 3.63) is 0 Å². The topological polar surface area (TPSA) is 29.4 Å². The summed E-state index contributed by atoms with van der Waals surface area (Å²) in [5.41, 5.74) is 0. The van der Waals surface area contributed by atoms with E-state index >= 15 is 0 Å². The Balaban J connectivity index is 4.02. The zero-order valence-electron chi connectivity index (χ0n) is 12.6. The van der Waals surface area contributed by atoms with Gasteiger partial charge in [0, 0.05) is 0 Å². The minimum absolute atomic E-state index is 0.223. The molecule has 0 amide bonds. The fraction of sp³-hybridized carbons (Fsp3) is 0.938. The SMILES string of the molecule is CCCCCCC(CC(CC)CCCC)N=C=O. The Kier molecular flexibility index (Phi) is 12.4. The summed E-state index contributed by atoms with van der Waals surface area (Å²) < 4.78 is 0. The van der Waals surface area contributed by atoms with Crippen LogP contribution in [0.4, 0.5) is 0 Å². The van der Waals surface area contributed by atoms with Gasteiger partial charge in [0.05, 0.1) is 6.04 Å². The third kappa shape index (κ3) is 9.41. The highest BCUT2D eigenvalue weighted by Crippen LogP contribution is 2.22. The average molecular weight is 253 g/mol. The van der Waals surface area contributed by atoms with Gasteiger partial charge in [0.15, 0.2) is 0 Å². The molecule has 0 rings (SSSR count). The summed E-state index contributed by atoms with van der Waals surface area (Å²) in [5.74, 6) is 0.734. The molecule has 0 aliphatic carbocycles. The van der Waals surface area contributed by atoms with Crippen molar-refractivity contribution in [2.24, 2.45) is 10.9 Å². The Bertz CT molecular complexity index is 221. The third-order valence-electron chi connectivity index (χ3n) is 3.77. The van der Waals surface area contributed by atoms with Gasteiger partial charge in [-0.2, -0.15) is 0 Å². The number of hydrogen-bond donors (Lipinski definition) is 0. The molecule has 0 fully saturated rings. The predicted molar refractivity (Wildman–Crippen MR) is 78.6 cm³/mol. The Morgan fingerprint density at radius 2 is 1.67 bits per heavy atom. The summed E-state index contributed by atoms with van der Waals surface area (Å²) in [4.78, 5) is 14.5. The molecule has 0 aromatic heterocycles. The van der Waals surface area contributed by atoms with Crippen molar-refractivity contribution in [3.8, 4) is 0 Å². The lowest BCUT2D eigenvalue weighted by atomic mass is 9.90. The van der Waals surface area contributed by atoms with Crippen molar-refractivity contribution < 1.29 is 4.79 Å². The van der Waals surface area contributed by atoms with Gasteiger partial charge >= 0.3 is 0 Å². The van der Waals surface area contributed by atoms with Crippen LogP contribution in [0.25, 0.3) is 0 Å². The van der Waals surface area contributed by atoms with Gasteiger partial charge in [0.1, 0.15) is 0 Å². The Labute approximate surface area is 113 Å². The number of aliphatic imine (C=N–C) groups is 1. The molecule has 0 aliphatic heterocycles. The molecule has 0 saturated heterocycles. The Morgan fingerprint density at radius 1 is 0.944 bits per heavy atom. The van der Waals surface area contributed by atoms with Crippen molar-refractivity contribution in [2.75, 3.05) is 0 Å². The van der Waals surface area contributed by atoms with Gasteiger partial charge in [-0.1, -0.05) is 72.1 Å². The monoisotopic (exact) mass is 253 g/mol. The smallest absolute Gasteiger partial charge is 0.211 e. The number of hydrogen-bond acceptors (Lipinski definition) is 2. The van der Waals surface area contributed by atoms with E-state index in [1.54, 1.807) is 6.08 Å². The molecule has 0 spiro atoms. The van der Waals surface area contributed by atoms with E-state index in [-0.39, 0.29) is 6.04 Å². The normalized spacial score (nSPS) is 13.9. The van der Waals surface area contributed by atoms with Crippen LogP contribution in [0.1, 0.15) is 85.0 Å². The standard InChI is InChI=1S/C16H31NO/c1-4-7-9-10-12-16(17-14-18)13-15(6-3)11-8-5-2/h15-16H,4-13H2,1-3H3. The fourth-order valence-electron chi connectivity index (χ4n) is 2.48. The molecule has 0 N–H and O–H groups in total. The maximum absolute atomic E-state index is 10.5. The van der Waals surface area contributed by atoms with Gasteiger partial charge in [-0.05, 0) is 18.8 Å². The summed E-state index contributed by atoms with van der Waals surface area (Å²) in [6, 6.07) is 0.223. The number of carbonyl (C=O) groups excluding carboxylic acids is 1. The number of isocyanates is 1. The predicted octanol–water partition coefficient (Wildman–Crippen LogP) is 5.27. The number of rotatable bonds is 12. The molecule has 2 atom stereocenters. The minimum atomic E-state index is 0.223. The van der Waals surface area contributed by atoms with E-state index in [0.717, 1.165) is 18.8 Å². The summed E-state index contributed by atoms with van der Waals surface area (Å²) in [5, 5.41) is 0. The van der Waals surface area contributed by atoms with E-state index in [2.05, 4.69) is 25.8 Å². The summed E-state index contributed by atoms with van der Waals surface area (Å²) in [6.45, 7) is 6.70. The molecule has 0 radical (unpaired) electrons. The molecule has 2 heteroatoms. The fourth-order valence-corrected chi connectivity index (χ4v) is 2.48. The van der Waals surface area contributed by atoms with Gasteiger partial charge in [-0.3, -0.25) is 0 Å². The molecular weight excluding hydrogens is 222 g/mol. The summed E-state index contributed by atoms with van der Waals surface area (Å²) in [7, 11) is 0. The first kappa shape index (κ1) is 17.4. The van der Waals surface area contributed by atoms with Gasteiger partial charge in [0.2, 0.25) is 6.08 Å². The molecule has 2 nitrogen and oxygen atoms in total. The molecule has 0 aliphatic rings. The number of nitrogens with zero attached hydrogens (tertiary/aromatic N) is 1. The third-order valence-corrected chi connectivity index (χ3v) is 3.77. The average Bonchev–Trinajstić information content (AvgIpc) is 2.39. The van der Waals surface area contributed by atoms with Crippen molar-refractivity contribution in [1.82, 2.24) is 0 Å². The van der Waals surface area contributed by atoms with E-state index in [9.17, 15) is 4.79 Å². The van der Waals surface area contributed by atoms with Crippen LogP contribution >= 0.6 is 0 Å². The van der Waals surface area contributed by atoms with Crippen molar-refractivity contribution in [1.29, 1.82) is 0 Å². The largest absolute Gasteiger partial charge is 0.235 e. The Morgan fingerprint density at radius 3 is 2.22 bits per heavy atom. The van der Waals surface area contributed by atoms with Crippen molar-refractivity contribution >= 4 is 6.08 Å². The maximum Gasteiger partial charge on any atom is 0.235 e. The maximum atomic E-state index is 10.5. The van der Waals surface area contributed by atoms with E-state index in [1.807, 2.05) is 0 Å². The zero-order chi connectivity index (χ0) is 13.6. The van der Waals surface area contributed by atoms with Crippen LogP contribution in [0, 0.1) is 5.92 Å². The second-order valence-electron chi connectivity index (χ2n) is 5.38. The quantitative estimate of drug-likeness (QED) is 0.265. The Hall–Kier alpha value is -0.620. The summed E-state index contributed by atoms with van der Waals surface area (Å²) in [6.07, 6.45) is 14.0. The van der Waals surface area contributed by atoms with Gasteiger partial charge in [-0.15, -0.1) is 0 Å². The molecular formula is C16H31NO. The molecule has 0 aromatic carbocycles. The van der Waals surface area contributed by atoms with Crippen LogP contribution in [-0.4, -0.2) is 12.1 Å². The molecule has 0 saturated carbocycles. The lowest BCUT2D eigenvalue weighted by Gasteiger charge is -2.18. The number of unbranched alkanes of at least 4 members (excludes halogenated alkanes) is 4. The molecule has 0 heterocycles. The van der Waals surface area contributed by atoms with Crippen LogP contribution in [0.2, 0.25) is 0 Å². The second-order valence-corrected chi connectivity index (χ2v) is 5.38. The molecule has 106 valence electrons. The van der Waals surface area contributed by atoms with Crippen molar-refractivity contribution in [3.63, 3.8) is 0 Å². The first-order chi connectivity index (χ1) is 8.78. The first-order valence-corrected chi connectivity index (χ1v) is 7.85. The van der Waals surface area contributed by atoms with Crippen molar-refractivity contribution in [2.45, 2.75) is 91.0 Å². The zero-order valence-corrected chi connectivity index (χ0v) is 12.6. The molecule has 0 aromatic rings. The van der Waals surface area contributed by atoms with E-state index in [0.29, 0.717) is 0 Å². The molecule has 0 bridgehead atoms. The van der Waals surface area contributed by atoms with Gasteiger partial charge in [-0.25, -0.2) is 9.79 Å². The highest BCUT2D eigenvalue weighted by molar-refractivity contribution is 5.33. The van der Waals surface area contributed by atoms with E-state index in [1.165, 1.54) is 51.4 Å².